The Labute approximate surface area is 234 Å². The highest BCUT2D eigenvalue weighted by Crippen LogP contribution is 2.35. The molecule has 4 aromatic rings. The summed E-state index contributed by atoms with van der Waals surface area (Å²) < 4.78 is 55.6. The molecule has 0 radical (unpaired) electrons. The number of aromatic nitrogens is 1. The Balaban J connectivity index is 1.35. The molecule has 0 unspecified atom stereocenters. The molecule has 1 saturated heterocycles. The van der Waals surface area contributed by atoms with Gasteiger partial charge in [0.1, 0.15) is 5.82 Å². The number of para-hydroxylation sites is 1. The zero-order chi connectivity index (χ0) is 29.3. The van der Waals surface area contributed by atoms with E-state index in [2.05, 4.69) is 5.32 Å². The average molecular weight is 565 g/mol. The fraction of sp³-hybridized carbons (Fsp3) is 0.226. The summed E-state index contributed by atoms with van der Waals surface area (Å²) in [5.74, 6) is -0.585. The Morgan fingerprint density at radius 3 is 2.05 bits per heavy atom. The highest BCUT2D eigenvalue weighted by molar-refractivity contribution is 5.98. The van der Waals surface area contributed by atoms with Gasteiger partial charge in [0.25, 0.3) is 5.91 Å². The van der Waals surface area contributed by atoms with Crippen molar-refractivity contribution in [1.29, 1.82) is 0 Å². The number of piperazine rings is 1. The van der Waals surface area contributed by atoms with Crippen molar-refractivity contribution in [2.75, 3.05) is 31.5 Å². The Hall–Kier alpha value is -4.60. The largest absolute Gasteiger partial charge is 0.418 e. The Morgan fingerprint density at radius 2 is 1.41 bits per heavy atom. The van der Waals surface area contributed by atoms with Crippen LogP contribution in [0.4, 0.5) is 28.0 Å². The number of alkyl halides is 3. The molecule has 1 aliphatic heterocycles. The third-order valence-electron chi connectivity index (χ3n) is 7.24. The van der Waals surface area contributed by atoms with Gasteiger partial charge >= 0.3 is 12.2 Å². The Morgan fingerprint density at radius 1 is 0.805 bits per heavy atom. The van der Waals surface area contributed by atoms with Crippen molar-refractivity contribution in [3.8, 4) is 16.9 Å². The molecule has 0 atom stereocenters. The molecule has 1 aliphatic rings. The van der Waals surface area contributed by atoms with Gasteiger partial charge in [-0.1, -0.05) is 29.8 Å². The van der Waals surface area contributed by atoms with Crippen LogP contribution in [0.5, 0.6) is 0 Å². The van der Waals surface area contributed by atoms with Crippen molar-refractivity contribution in [3.05, 3.63) is 107 Å². The summed E-state index contributed by atoms with van der Waals surface area (Å²) in [7, 11) is 0. The van der Waals surface area contributed by atoms with Crippen LogP contribution in [0.1, 0.15) is 27.2 Å². The summed E-state index contributed by atoms with van der Waals surface area (Å²) in [6, 6.07) is 19.9. The number of rotatable bonds is 4. The number of nitrogens with one attached hydrogen (secondary N) is 1. The van der Waals surface area contributed by atoms with Gasteiger partial charge in [0.05, 0.1) is 22.5 Å². The number of nitrogens with zero attached hydrogens (tertiary/aromatic N) is 3. The standard InChI is InChI=1S/C31H28F4N4O2/c1-20-7-13-24(14-8-20)39-21(2)25(19-28(39)22-9-11-23(32)12-10-22)29(40)37-15-17-38(18-16-37)30(41)36-27-6-4-3-5-26(27)31(33,34)35/h3-14,19H,15-18H2,1-2H3,(H,36,41). The van der Waals surface area contributed by atoms with Crippen LogP contribution in [0.2, 0.25) is 0 Å². The molecule has 1 aromatic heterocycles. The number of carbonyl (C=O) groups is 2. The lowest BCUT2D eigenvalue weighted by Gasteiger charge is -2.35. The van der Waals surface area contributed by atoms with Crippen molar-refractivity contribution in [3.63, 3.8) is 0 Å². The van der Waals surface area contributed by atoms with E-state index in [1.54, 1.807) is 23.1 Å². The molecule has 41 heavy (non-hydrogen) atoms. The second-order valence-electron chi connectivity index (χ2n) is 9.96. The van der Waals surface area contributed by atoms with Crippen molar-refractivity contribution in [2.24, 2.45) is 0 Å². The molecule has 10 heteroatoms. The summed E-state index contributed by atoms with van der Waals surface area (Å²) in [6.45, 7) is 4.59. The predicted octanol–water partition coefficient (Wildman–Crippen LogP) is 6.91. The number of hydrogen-bond donors (Lipinski definition) is 1. The number of urea groups is 1. The van der Waals surface area contributed by atoms with Crippen LogP contribution in [0.25, 0.3) is 16.9 Å². The van der Waals surface area contributed by atoms with E-state index in [4.69, 9.17) is 0 Å². The number of hydrogen-bond acceptors (Lipinski definition) is 2. The average Bonchev–Trinajstić information content (AvgIpc) is 3.30. The van der Waals surface area contributed by atoms with Crippen LogP contribution in [0, 0.1) is 19.7 Å². The van der Waals surface area contributed by atoms with Crippen molar-refractivity contribution >= 4 is 17.6 Å². The fourth-order valence-corrected chi connectivity index (χ4v) is 5.00. The molecular weight excluding hydrogens is 536 g/mol. The molecule has 1 fully saturated rings. The number of amides is 3. The minimum Gasteiger partial charge on any atom is -0.335 e. The first-order chi connectivity index (χ1) is 19.5. The molecule has 1 N–H and O–H groups in total. The van der Waals surface area contributed by atoms with E-state index >= 15 is 0 Å². The van der Waals surface area contributed by atoms with Crippen molar-refractivity contribution in [2.45, 2.75) is 20.0 Å². The van der Waals surface area contributed by atoms with Crippen molar-refractivity contribution in [1.82, 2.24) is 14.4 Å². The number of halogens is 4. The molecule has 3 amide bonds. The third-order valence-corrected chi connectivity index (χ3v) is 7.24. The maximum atomic E-state index is 13.7. The van der Waals surface area contributed by atoms with E-state index in [9.17, 15) is 27.2 Å². The molecular formula is C31H28F4N4O2. The molecule has 0 saturated carbocycles. The fourth-order valence-electron chi connectivity index (χ4n) is 5.00. The lowest BCUT2D eigenvalue weighted by Crippen LogP contribution is -2.51. The van der Waals surface area contributed by atoms with Crippen LogP contribution >= 0.6 is 0 Å². The summed E-state index contributed by atoms with van der Waals surface area (Å²) in [5.41, 5.74) is 3.36. The van der Waals surface area contributed by atoms with Gasteiger partial charge in [-0.05, 0) is 74.0 Å². The van der Waals surface area contributed by atoms with E-state index < -0.39 is 17.8 Å². The van der Waals surface area contributed by atoms with E-state index in [1.807, 2.05) is 42.7 Å². The van der Waals surface area contributed by atoms with Gasteiger partial charge in [0, 0.05) is 37.6 Å². The zero-order valence-corrected chi connectivity index (χ0v) is 22.5. The topological polar surface area (TPSA) is 57.6 Å². The SMILES string of the molecule is Cc1ccc(-n2c(-c3ccc(F)cc3)cc(C(=O)N3CCN(C(=O)Nc4ccccc4C(F)(F)F)CC3)c2C)cc1. The summed E-state index contributed by atoms with van der Waals surface area (Å²) in [6.07, 6.45) is -4.60. The van der Waals surface area contributed by atoms with Crippen LogP contribution in [0.3, 0.4) is 0 Å². The first-order valence-electron chi connectivity index (χ1n) is 13.1. The van der Waals surface area contributed by atoms with Gasteiger partial charge in [-0.25, -0.2) is 9.18 Å². The highest BCUT2D eigenvalue weighted by atomic mass is 19.4. The van der Waals surface area contributed by atoms with Gasteiger partial charge in [0.15, 0.2) is 0 Å². The van der Waals surface area contributed by atoms with E-state index in [0.29, 0.717) is 11.3 Å². The number of aryl methyl sites for hydroxylation is 1. The van der Waals surface area contributed by atoms with E-state index in [1.165, 1.54) is 35.2 Å². The second-order valence-corrected chi connectivity index (χ2v) is 9.96. The summed E-state index contributed by atoms with van der Waals surface area (Å²) >= 11 is 0. The lowest BCUT2D eigenvalue weighted by molar-refractivity contribution is -0.136. The summed E-state index contributed by atoms with van der Waals surface area (Å²) in [4.78, 5) is 29.5. The molecule has 0 aliphatic carbocycles. The number of anilines is 1. The molecule has 2 heterocycles. The van der Waals surface area contributed by atoms with Crippen LogP contribution in [-0.4, -0.2) is 52.5 Å². The third kappa shape index (κ3) is 5.82. The maximum Gasteiger partial charge on any atom is 0.418 e. The van der Waals surface area contributed by atoms with Gasteiger partial charge in [-0.2, -0.15) is 13.2 Å². The smallest absolute Gasteiger partial charge is 0.335 e. The first kappa shape index (κ1) is 27.9. The molecule has 3 aromatic carbocycles. The minimum atomic E-state index is -4.60. The molecule has 5 rings (SSSR count). The van der Waals surface area contributed by atoms with Gasteiger partial charge in [-0.3, -0.25) is 4.79 Å². The maximum absolute atomic E-state index is 13.7. The monoisotopic (exact) mass is 564 g/mol. The first-order valence-corrected chi connectivity index (χ1v) is 13.1. The minimum absolute atomic E-state index is 0.161. The molecule has 212 valence electrons. The number of carbonyl (C=O) groups excluding carboxylic acids is 2. The van der Waals surface area contributed by atoms with Crippen LogP contribution < -0.4 is 5.32 Å². The van der Waals surface area contributed by atoms with E-state index in [-0.39, 0.29) is 43.6 Å². The molecule has 6 nitrogen and oxygen atoms in total. The summed E-state index contributed by atoms with van der Waals surface area (Å²) in [5, 5.41) is 2.36. The van der Waals surface area contributed by atoms with Gasteiger partial charge in [0.2, 0.25) is 0 Å². The quantitative estimate of drug-likeness (QED) is 0.274. The van der Waals surface area contributed by atoms with Gasteiger partial charge in [-0.15, -0.1) is 0 Å². The number of benzene rings is 3. The second kappa shape index (κ2) is 11.1. The Bertz CT molecular complexity index is 1570. The predicted molar refractivity (Wildman–Crippen MR) is 149 cm³/mol. The van der Waals surface area contributed by atoms with Gasteiger partial charge < -0.3 is 19.7 Å². The normalized spacial score (nSPS) is 13.8. The van der Waals surface area contributed by atoms with Crippen LogP contribution in [0.15, 0.2) is 78.9 Å². The zero-order valence-electron chi connectivity index (χ0n) is 22.5. The Kier molecular flexibility index (Phi) is 7.57. The van der Waals surface area contributed by atoms with Crippen molar-refractivity contribution < 1.29 is 27.2 Å². The van der Waals surface area contributed by atoms with Crippen LogP contribution in [-0.2, 0) is 6.18 Å². The lowest BCUT2D eigenvalue weighted by atomic mass is 10.1. The highest BCUT2D eigenvalue weighted by Gasteiger charge is 2.34. The molecule has 0 spiro atoms. The van der Waals surface area contributed by atoms with E-state index in [0.717, 1.165) is 28.6 Å². The molecule has 0 bridgehead atoms.